The van der Waals surface area contributed by atoms with Gasteiger partial charge in [0.1, 0.15) is 11.8 Å². The van der Waals surface area contributed by atoms with Gasteiger partial charge in [-0.05, 0) is 43.7 Å². The van der Waals surface area contributed by atoms with Crippen molar-refractivity contribution in [2.24, 2.45) is 5.10 Å². The van der Waals surface area contributed by atoms with Crippen LogP contribution in [0.15, 0.2) is 76.4 Å². The quantitative estimate of drug-likeness (QED) is 0.534. The minimum absolute atomic E-state index is 0.0234. The fourth-order valence-corrected chi connectivity index (χ4v) is 4.77. The molecule has 0 bridgehead atoms. The molecule has 1 N–H and O–H groups in total. The van der Waals surface area contributed by atoms with Crippen molar-refractivity contribution in [2.75, 3.05) is 44.6 Å². The van der Waals surface area contributed by atoms with Gasteiger partial charge in [-0.2, -0.15) is 5.10 Å². The Morgan fingerprint density at radius 2 is 1.51 bits per heavy atom. The molecule has 2 aliphatic rings. The Kier molecular flexibility index (Phi) is 7.48. The third-order valence-electron chi connectivity index (χ3n) is 6.95. The van der Waals surface area contributed by atoms with Crippen molar-refractivity contribution in [3.05, 3.63) is 89.4 Å². The number of amides is 2. The lowest BCUT2D eigenvalue weighted by molar-refractivity contribution is -0.135. The summed E-state index contributed by atoms with van der Waals surface area (Å²) in [5.41, 5.74) is 5.06. The summed E-state index contributed by atoms with van der Waals surface area (Å²) >= 11 is 0. The van der Waals surface area contributed by atoms with Gasteiger partial charge in [-0.1, -0.05) is 47.5 Å². The molecule has 0 saturated carbocycles. The molecule has 5 rings (SSSR count). The van der Waals surface area contributed by atoms with Gasteiger partial charge >= 0.3 is 0 Å². The fraction of sp³-hybridized carbons (Fsp3) is 0.345. The average molecular weight is 500 g/mol. The van der Waals surface area contributed by atoms with E-state index in [9.17, 15) is 9.59 Å². The van der Waals surface area contributed by atoms with E-state index in [1.54, 1.807) is 11.3 Å². The zero-order valence-corrected chi connectivity index (χ0v) is 21.4. The lowest BCUT2D eigenvalue weighted by Crippen LogP contribution is -2.51. The Bertz CT molecular complexity index is 1240. The maximum atomic E-state index is 13.4. The standard InChI is InChI=1S/C29H33N5O3/c1-21-5-9-23(10-6-21)25-18-26(27-4-3-17-37-27)34(31-25)29(36)20-33-15-13-32(14-16-33)19-28(35)30-24-11-7-22(2)8-12-24/h3-12,17,26H,13-16,18-20H2,1-2H3,(H,30,35). The average Bonchev–Trinajstić information content (AvgIpc) is 3.57. The van der Waals surface area contributed by atoms with Crippen molar-refractivity contribution in [1.29, 1.82) is 0 Å². The van der Waals surface area contributed by atoms with E-state index >= 15 is 0 Å². The van der Waals surface area contributed by atoms with Crippen LogP contribution in [-0.2, 0) is 9.59 Å². The molecule has 37 heavy (non-hydrogen) atoms. The number of piperazine rings is 1. The summed E-state index contributed by atoms with van der Waals surface area (Å²) in [5.74, 6) is 0.669. The SMILES string of the molecule is Cc1ccc(NC(=O)CN2CCN(CC(=O)N3N=C(c4ccc(C)cc4)CC3c3ccco3)CC2)cc1. The van der Waals surface area contributed by atoms with E-state index in [1.807, 2.05) is 43.3 Å². The third kappa shape index (κ3) is 6.15. The van der Waals surface area contributed by atoms with Crippen molar-refractivity contribution < 1.29 is 14.0 Å². The highest BCUT2D eigenvalue weighted by Crippen LogP contribution is 2.33. The Labute approximate surface area is 217 Å². The number of hydrazone groups is 1. The Balaban J connectivity index is 1.16. The van der Waals surface area contributed by atoms with Crippen molar-refractivity contribution in [1.82, 2.24) is 14.8 Å². The summed E-state index contributed by atoms with van der Waals surface area (Å²) in [6.07, 6.45) is 2.25. The van der Waals surface area contributed by atoms with Gasteiger partial charge in [0, 0.05) is 38.3 Å². The molecule has 1 fully saturated rings. The van der Waals surface area contributed by atoms with Crippen LogP contribution in [0.25, 0.3) is 0 Å². The maximum Gasteiger partial charge on any atom is 0.257 e. The van der Waals surface area contributed by atoms with E-state index in [0.29, 0.717) is 13.0 Å². The number of carbonyl (C=O) groups is 2. The smallest absolute Gasteiger partial charge is 0.257 e. The normalized spacial score (nSPS) is 18.6. The lowest BCUT2D eigenvalue weighted by atomic mass is 10.0. The lowest BCUT2D eigenvalue weighted by Gasteiger charge is -2.34. The highest BCUT2D eigenvalue weighted by atomic mass is 16.3. The highest BCUT2D eigenvalue weighted by molar-refractivity contribution is 6.03. The monoisotopic (exact) mass is 499 g/mol. The number of benzene rings is 2. The first kappa shape index (κ1) is 24.9. The number of anilines is 1. The van der Waals surface area contributed by atoms with Gasteiger partial charge in [-0.15, -0.1) is 0 Å². The molecule has 8 heteroatoms. The molecular weight excluding hydrogens is 466 g/mol. The van der Waals surface area contributed by atoms with E-state index in [0.717, 1.165) is 54.5 Å². The summed E-state index contributed by atoms with van der Waals surface area (Å²) in [4.78, 5) is 30.1. The van der Waals surface area contributed by atoms with Crippen LogP contribution in [0.2, 0.25) is 0 Å². The van der Waals surface area contributed by atoms with E-state index in [2.05, 4.69) is 46.3 Å². The van der Waals surface area contributed by atoms with Crippen molar-refractivity contribution in [3.63, 3.8) is 0 Å². The zero-order chi connectivity index (χ0) is 25.8. The van der Waals surface area contributed by atoms with E-state index in [1.165, 1.54) is 5.56 Å². The number of aryl methyl sites for hydroxylation is 2. The number of rotatable bonds is 7. The Morgan fingerprint density at radius 1 is 0.892 bits per heavy atom. The number of nitrogens with zero attached hydrogens (tertiary/aromatic N) is 4. The molecule has 3 aromatic rings. The molecule has 2 aromatic carbocycles. The van der Waals surface area contributed by atoms with Crippen molar-refractivity contribution in [3.8, 4) is 0 Å². The van der Waals surface area contributed by atoms with Gasteiger partial charge in [0.25, 0.3) is 5.91 Å². The molecular formula is C29H33N5O3. The second-order valence-electron chi connectivity index (χ2n) is 9.85. The Morgan fingerprint density at radius 3 is 2.14 bits per heavy atom. The van der Waals surface area contributed by atoms with E-state index in [-0.39, 0.29) is 24.4 Å². The van der Waals surface area contributed by atoms with Crippen LogP contribution in [0.1, 0.15) is 34.9 Å². The van der Waals surface area contributed by atoms with E-state index < -0.39 is 0 Å². The number of hydrogen-bond acceptors (Lipinski definition) is 6. The molecule has 1 unspecified atom stereocenters. The topological polar surface area (TPSA) is 81.4 Å². The van der Waals surface area contributed by atoms with Gasteiger partial charge in [-0.25, -0.2) is 5.01 Å². The van der Waals surface area contributed by atoms with Crippen LogP contribution in [-0.4, -0.2) is 71.6 Å². The van der Waals surface area contributed by atoms with Gasteiger partial charge in [0.15, 0.2) is 0 Å². The summed E-state index contributed by atoms with van der Waals surface area (Å²) in [6, 6.07) is 19.5. The number of hydrogen-bond donors (Lipinski definition) is 1. The van der Waals surface area contributed by atoms with Crippen LogP contribution in [0.5, 0.6) is 0 Å². The molecule has 192 valence electrons. The molecule has 2 amide bonds. The van der Waals surface area contributed by atoms with Crippen LogP contribution < -0.4 is 5.32 Å². The van der Waals surface area contributed by atoms with Crippen LogP contribution >= 0.6 is 0 Å². The minimum atomic E-state index is -0.245. The minimum Gasteiger partial charge on any atom is -0.467 e. The summed E-state index contributed by atoms with van der Waals surface area (Å²) in [5, 5.41) is 9.29. The number of furan rings is 1. The third-order valence-corrected chi connectivity index (χ3v) is 6.95. The van der Waals surface area contributed by atoms with Gasteiger partial charge < -0.3 is 9.73 Å². The zero-order valence-electron chi connectivity index (χ0n) is 21.4. The molecule has 0 aliphatic carbocycles. The molecule has 1 saturated heterocycles. The van der Waals surface area contributed by atoms with Crippen molar-refractivity contribution >= 4 is 23.2 Å². The fourth-order valence-electron chi connectivity index (χ4n) is 4.77. The van der Waals surface area contributed by atoms with Gasteiger partial charge in [-0.3, -0.25) is 19.4 Å². The molecule has 0 radical (unpaired) electrons. The van der Waals surface area contributed by atoms with Crippen LogP contribution in [0.3, 0.4) is 0 Å². The largest absolute Gasteiger partial charge is 0.467 e. The second kappa shape index (κ2) is 11.1. The van der Waals surface area contributed by atoms with E-state index in [4.69, 9.17) is 9.52 Å². The first-order valence-electron chi connectivity index (χ1n) is 12.8. The van der Waals surface area contributed by atoms with Crippen LogP contribution in [0.4, 0.5) is 5.69 Å². The predicted molar refractivity (Wildman–Crippen MR) is 143 cm³/mol. The summed E-state index contributed by atoms with van der Waals surface area (Å²) in [6.45, 7) is 7.60. The van der Waals surface area contributed by atoms with Crippen LogP contribution in [0, 0.1) is 13.8 Å². The van der Waals surface area contributed by atoms with Crippen molar-refractivity contribution in [2.45, 2.75) is 26.3 Å². The summed E-state index contributed by atoms with van der Waals surface area (Å²) < 4.78 is 5.67. The molecule has 1 aromatic heterocycles. The highest BCUT2D eigenvalue weighted by Gasteiger charge is 2.35. The molecule has 8 nitrogen and oxygen atoms in total. The first-order chi connectivity index (χ1) is 17.9. The first-order valence-corrected chi connectivity index (χ1v) is 12.8. The summed E-state index contributed by atoms with van der Waals surface area (Å²) in [7, 11) is 0. The molecule has 2 aliphatic heterocycles. The Hall–Kier alpha value is -3.75. The predicted octanol–water partition coefficient (Wildman–Crippen LogP) is 3.83. The maximum absolute atomic E-state index is 13.4. The number of nitrogens with one attached hydrogen (secondary N) is 1. The molecule has 1 atom stereocenters. The number of carbonyl (C=O) groups excluding carboxylic acids is 2. The van der Waals surface area contributed by atoms with Gasteiger partial charge in [0.05, 0.1) is 25.1 Å². The molecule has 3 heterocycles. The van der Waals surface area contributed by atoms with Gasteiger partial charge in [0.2, 0.25) is 5.91 Å². The molecule has 0 spiro atoms. The second-order valence-corrected chi connectivity index (χ2v) is 9.85.